The summed E-state index contributed by atoms with van der Waals surface area (Å²) in [6, 6.07) is 0.687. The molecule has 1 unspecified atom stereocenters. The van der Waals surface area contributed by atoms with Crippen LogP contribution in [0.5, 0.6) is 0 Å². The van der Waals surface area contributed by atoms with E-state index in [-0.39, 0.29) is 0 Å². The topological polar surface area (TPSA) is 15.3 Å². The van der Waals surface area contributed by atoms with Crippen LogP contribution >= 0.6 is 0 Å². The fourth-order valence-electron chi connectivity index (χ4n) is 1.07. The summed E-state index contributed by atoms with van der Waals surface area (Å²) in [6.45, 7) is 2.25. The van der Waals surface area contributed by atoms with Crippen molar-refractivity contribution < 1.29 is 0 Å². The lowest BCUT2D eigenvalue weighted by Crippen LogP contribution is -2.27. The van der Waals surface area contributed by atoms with Crippen molar-refractivity contribution in [3.63, 3.8) is 0 Å². The summed E-state index contributed by atoms with van der Waals surface area (Å²) in [5.41, 5.74) is 0. The normalized spacial score (nSPS) is 31.5. The van der Waals surface area contributed by atoms with E-state index >= 15 is 0 Å². The van der Waals surface area contributed by atoms with E-state index in [0.29, 0.717) is 6.04 Å². The Hall–Kier alpha value is -0.0800. The molecule has 2 nitrogen and oxygen atoms in total. The second kappa shape index (κ2) is 2.46. The van der Waals surface area contributed by atoms with Gasteiger partial charge in [0.15, 0.2) is 0 Å². The zero-order chi connectivity index (χ0) is 5.98. The van der Waals surface area contributed by atoms with Crippen LogP contribution < -0.4 is 5.32 Å². The van der Waals surface area contributed by atoms with Crippen LogP contribution in [0.1, 0.15) is 6.42 Å². The first kappa shape index (κ1) is 6.05. The first-order valence-corrected chi connectivity index (χ1v) is 3.05. The van der Waals surface area contributed by atoms with Crippen molar-refractivity contribution >= 4 is 0 Å². The minimum Gasteiger partial charge on any atom is -0.316 e. The summed E-state index contributed by atoms with van der Waals surface area (Å²) >= 11 is 0. The summed E-state index contributed by atoms with van der Waals surface area (Å²) in [5.74, 6) is 0. The number of nitrogens with zero attached hydrogens (tertiary/aromatic N) is 1. The highest BCUT2D eigenvalue weighted by atomic mass is 15.2. The highest BCUT2D eigenvalue weighted by Crippen LogP contribution is 2.05. The van der Waals surface area contributed by atoms with E-state index in [1.807, 2.05) is 7.05 Å². The molecule has 2 heteroatoms. The molecule has 1 rings (SSSR count). The van der Waals surface area contributed by atoms with Crippen LogP contribution in [-0.2, 0) is 0 Å². The summed E-state index contributed by atoms with van der Waals surface area (Å²) in [6.07, 6.45) is 1.25. The van der Waals surface area contributed by atoms with Gasteiger partial charge in [0.05, 0.1) is 0 Å². The maximum atomic E-state index is 3.83. The molecule has 8 heavy (non-hydrogen) atoms. The van der Waals surface area contributed by atoms with Gasteiger partial charge in [-0.1, -0.05) is 0 Å². The number of hydrogen-bond acceptors (Lipinski definition) is 2. The lowest BCUT2D eigenvalue weighted by atomic mass is 10.3. The molecule has 1 aliphatic rings. The molecule has 1 N–H and O–H groups in total. The van der Waals surface area contributed by atoms with Crippen LogP contribution in [0.3, 0.4) is 0 Å². The van der Waals surface area contributed by atoms with Crippen LogP contribution in [0.4, 0.5) is 0 Å². The second-order valence-corrected chi connectivity index (χ2v) is 2.35. The predicted octanol–water partition coefficient (Wildman–Crippen LogP) is 0.0717. The van der Waals surface area contributed by atoms with Crippen molar-refractivity contribution in [3.05, 3.63) is 7.05 Å². The van der Waals surface area contributed by atoms with E-state index < -0.39 is 0 Å². The van der Waals surface area contributed by atoms with Gasteiger partial charge in [0.1, 0.15) is 0 Å². The maximum absolute atomic E-state index is 3.83. The molecule has 0 saturated carbocycles. The Morgan fingerprint density at radius 1 is 1.75 bits per heavy atom. The lowest BCUT2D eigenvalue weighted by Gasteiger charge is -2.06. The molecule has 0 aromatic heterocycles. The molecular formula is C6H13N2. The maximum Gasteiger partial charge on any atom is 0.0204 e. The Kier molecular flexibility index (Phi) is 1.86. The lowest BCUT2D eigenvalue weighted by molar-refractivity contribution is 0.443. The van der Waals surface area contributed by atoms with Crippen molar-refractivity contribution in [3.8, 4) is 0 Å². The number of likely N-dealkylation sites (tertiary alicyclic amines) is 1. The van der Waals surface area contributed by atoms with E-state index in [4.69, 9.17) is 0 Å². The van der Waals surface area contributed by atoms with Gasteiger partial charge in [-0.2, -0.15) is 0 Å². The summed E-state index contributed by atoms with van der Waals surface area (Å²) in [7, 11) is 5.83. The van der Waals surface area contributed by atoms with Gasteiger partial charge in [-0.25, -0.2) is 0 Å². The Morgan fingerprint density at radius 3 is 2.75 bits per heavy atom. The standard InChI is InChI=1S/C6H13N2/c1-7-6-3-4-8(2)5-6/h6-7H,2-5H2,1H3. The molecule has 1 heterocycles. The van der Waals surface area contributed by atoms with Crippen molar-refractivity contribution in [2.75, 3.05) is 20.1 Å². The number of likely N-dealkylation sites (N-methyl/N-ethyl adjacent to an activating group) is 1. The van der Waals surface area contributed by atoms with Gasteiger partial charge in [-0.3, -0.25) is 0 Å². The van der Waals surface area contributed by atoms with Crippen molar-refractivity contribution in [2.45, 2.75) is 12.5 Å². The predicted molar refractivity (Wildman–Crippen MR) is 34.4 cm³/mol. The van der Waals surface area contributed by atoms with Crippen molar-refractivity contribution in [1.82, 2.24) is 10.2 Å². The van der Waals surface area contributed by atoms with Crippen LogP contribution in [0.15, 0.2) is 0 Å². The second-order valence-electron chi connectivity index (χ2n) is 2.35. The highest BCUT2D eigenvalue weighted by molar-refractivity contribution is 4.78. The Labute approximate surface area is 50.9 Å². The number of nitrogens with one attached hydrogen (secondary N) is 1. The van der Waals surface area contributed by atoms with Crippen LogP contribution in [0.25, 0.3) is 0 Å². The molecule has 0 amide bonds. The third-order valence-electron chi connectivity index (χ3n) is 1.68. The molecule has 1 aliphatic heterocycles. The molecule has 0 spiro atoms. The van der Waals surface area contributed by atoms with Crippen molar-refractivity contribution in [2.24, 2.45) is 0 Å². The number of rotatable bonds is 1. The van der Waals surface area contributed by atoms with Gasteiger partial charge in [-0.15, -0.1) is 0 Å². The quantitative estimate of drug-likeness (QED) is 0.517. The summed E-state index contributed by atoms with van der Waals surface area (Å²) in [5, 5.41) is 3.21. The first-order chi connectivity index (χ1) is 3.83. The largest absolute Gasteiger partial charge is 0.316 e. The smallest absolute Gasteiger partial charge is 0.0204 e. The Bertz CT molecular complexity index is 72.9. The van der Waals surface area contributed by atoms with Crippen molar-refractivity contribution in [1.29, 1.82) is 0 Å². The van der Waals surface area contributed by atoms with Gasteiger partial charge in [0.2, 0.25) is 0 Å². The zero-order valence-electron chi connectivity index (χ0n) is 5.35. The monoisotopic (exact) mass is 113 g/mol. The van der Waals surface area contributed by atoms with E-state index in [9.17, 15) is 0 Å². The summed E-state index contributed by atoms with van der Waals surface area (Å²) in [4.78, 5) is 2.10. The molecule has 1 saturated heterocycles. The zero-order valence-corrected chi connectivity index (χ0v) is 5.35. The van der Waals surface area contributed by atoms with E-state index in [1.165, 1.54) is 6.42 Å². The fourth-order valence-corrected chi connectivity index (χ4v) is 1.07. The van der Waals surface area contributed by atoms with E-state index in [0.717, 1.165) is 13.1 Å². The Morgan fingerprint density at radius 2 is 2.50 bits per heavy atom. The highest BCUT2D eigenvalue weighted by Gasteiger charge is 2.16. The first-order valence-electron chi connectivity index (χ1n) is 3.05. The molecule has 1 atom stereocenters. The minimum atomic E-state index is 0.687. The van der Waals surface area contributed by atoms with Gasteiger partial charge >= 0.3 is 0 Å². The molecular weight excluding hydrogens is 100 g/mol. The molecule has 0 aromatic rings. The molecule has 0 bridgehead atoms. The molecule has 0 aromatic carbocycles. The molecule has 1 radical (unpaired) electrons. The average Bonchev–Trinajstić information content (AvgIpc) is 2.14. The third-order valence-corrected chi connectivity index (χ3v) is 1.68. The van der Waals surface area contributed by atoms with Gasteiger partial charge in [-0.05, 0) is 20.0 Å². The minimum absolute atomic E-state index is 0.687. The van der Waals surface area contributed by atoms with Gasteiger partial charge in [0, 0.05) is 19.6 Å². The van der Waals surface area contributed by atoms with Gasteiger partial charge < -0.3 is 10.2 Å². The summed E-state index contributed by atoms with van der Waals surface area (Å²) < 4.78 is 0. The molecule has 1 fully saturated rings. The Balaban J connectivity index is 2.22. The van der Waals surface area contributed by atoms with Gasteiger partial charge in [0.25, 0.3) is 0 Å². The molecule has 47 valence electrons. The van der Waals surface area contributed by atoms with Crippen LogP contribution in [0.2, 0.25) is 0 Å². The fraction of sp³-hybridized carbons (Fsp3) is 0.833. The van der Waals surface area contributed by atoms with E-state index in [1.54, 1.807) is 0 Å². The number of hydrogen-bond donors (Lipinski definition) is 1. The average molecular weight is 113 g/mol. The van der Waals surface area contributed by atoms with E-state index in [2.05, 4.69) is 17.3 Å². The SMILES string of the molecule is [CH2]N1CCC(NC)C1. The third kappa shape index (κ3) is 1.20. The van der Waals surface area contributed by atoms with Crippen LogP contribution in [-0.4, -0.2) is 31.1 Å². The molecule has 0 aliphatic carbocycles. The van der Waals surface area contributed by atoms with Crippen LogP contribution in [0, 0.1) is 7.05 Å².